The van der Waals surface area contributed by atoms with Crippen LogP contribution in [0.1, 0.15) is 0 Å². The number of hydrogen-bond acceptors (Lipinski definition) is 4. The minimum Gasteiger partial charge on any atom is -0.456 e. The summed E-state index contributed by atoms with van der Waals surface area (Å²) in [5.74, 6) is 0.712. The number of furan rings is 1. The molecule has 228 valence electrons. The van der Waals surface area contributed by atoms with Gasteiger partial charge in [0, 0.05) is 54.6 Å². The van der Waals surface area contributed by atoms with Gasteiger partial charge in [0.15, 0.2) is 5.82 Å². The fourth-order valence-corrected chi connectivity index (χ4v) is 7.23. The molecule has 10 rings (SSSR count). The number of para-hydroxylation sites is 3. The highest BCUT2D eigenvalue weighted by Gasteiger charge is 2.21. The molecule has 0 amide bonds. The third-order valence-electron chi connectivity index (χ3n) is 9.46. The standard InChI is InChI=1S/C45H27N3O/c1-3-13-28(14-4-1)40-41-32-17-7-10-20-36(32)46-44(35(41)27-39-42(40)34-19-9-12-22-38(34)49-39)30-25-23-29(24-26-30)43-33-18-8-11-21-37(33)47-45(48-43)31-15-5-2-6-16-31/h1-27H. The molecule has 49 heavy (non-hydrogen) atoms. The molecule has 0 aliphatic rings. The zero-order valence-corrected chi connectivity index (χ0v) is 26.3. The van der Waals surface area contributed by atoms with Gasteiger partial charge in [0.05, 0.1) is 22.4 Å². The van der Waals surface area contributed by atoms with Crippen LogP contribution < -0.4 is 0 Å². The quantitative estimate of drug-likeness (QED) is 0.183. The van der Waals surface area contributed by atoms with Crippen LogP contribution in [0.5, 0.6) is 0 Å². The van der Waals surface area contributed by atoms with E-state index in [2.05, 4.69) is 121 Å². The van der Waals surface area contributed by atoms with Crippen molar-refractivity contribution >= 4 is 54.5 Å². The first-order valence-electron chi connectivity index (χ1n) is 16.5. The van der Waals surface area contributed by atoms with Crippen LogP contribution in [-0.2, 0) is 0 Å². The average molecular weight is 626 g/mol. The SMILES string of the molecule is c1ccc(-c2nc(-c3ccc(-c4nc5ccccc5c5c(-c6ccccc6)c6c(cc45)oc4ccccc46)cc3)c3ccccc3n2)cc1. The lowest BCUT2D eigenvalue weighted by molar-refractivity contribution is 0.669. The summed E-state index contributed by atoms with van der Waals surface area (Å²) in [5.41, 5.74) is 10.8. The maximum atomic E-state index is 6.55. The smallest absolute Gasteiger partial charge is 0.160 e. The van der Waals surface area contributed by atoms with E-state index in [0.29, 0.717) is 5.82 Å². The predicted octanol–water partition coefficient (Wildman–Crippen LogP) is 11.9. The number of rotatable bonds is 4. The van der Waals surface area contributed by atoms with Crippen molar-refractivity contribution in [3.05, 3.63) is 164 Å². The minimum absolute atomic E-state index is 0.712. The molecule has 4 heteroatoms. The van der Waals surface area contributed by atoms with Crippen molar-refractivity contribution in [1.82, 2.24) is 15.0 Å². The molecule has 0 aliphatic carbocycles. The van der Waals surface area contributed by atoms with E-state index in [1.54, 1.807) is 0 Å². The van der Waals surface area contributed by atoms with Crippen LogP contribution in [-0.4, -0.2) is 15.0 Å². The summed E-state index contributed by atoms with van der Waals surface area (Å²) in [5, 5.41) is 6.59. The van der Waals surface area contributed by atoms with Crippen molar-refractivity contribution in [2.75, 3.05) is 0 Å². The molecule has 3 aromatic heterocycles. The molecule has 0 radical (unpaired) electrons. The maximum Gasteiger partial charge on any atom is 0.160 e. The molecular formula is C45H27N3O. The molecule has 0 saturated carbocycles. The van der Waals surface area contributed by atoms with E-state index in [1.165, 1.54) is 5.39 Å². The van der Waals surface area contributed by atoms with Crippen LogP contribution >= 0.6 is 0 Å². The molecule has 0 spiro atoms. The number of hydrogen-bond donors (Lipinski definition) is 0. The van der Waals surface area contributed by atoms with Gasteiger partial charge < -0.3 is 4.42 Å². The molecular weight excluding hydrogens is 599 g/mol. The van der Waals surface area contributed by atoms with E-state index in [1.807, 2.05) is 42.5 Å². The Labute approximate surface area is 282 Å². The lowest BCUT2D eigenvalue weighted by Gasteiger charge is -2.16. The van der Waals surface area contributed by atoms with Crippen molar-refractivity contribution in [3.8, 4) is 45.0 Å². The van der Waals surface area contributed by atoms with Crippen LogP contribution in [0.3, 0.4) is 0 Å². The molecule has 0 fully saturated rings. The fraction of sp³-hybridized carbons (Fsp3) is 0. The Kier molecular flexibility index (Phi) is 6.15. The highest BCUT2D eigenvalue weighted by atomic mass is 16.3. The number of benzene rings is 7. The molecule has 0 unspecified atom stereocenters. The Morgan fingerprint density at radius 1 is 0.347 bits per heavy atom. The Bertz CT molecular complexity index is 2860. The van der Waals surface area contributed by atoms with Crippen LogP contribution in [0.2, 0.25) is 0 Å². The summed E-state index contributed by atoms with van der Waals surface area (Å²) >= 11 is 0. The van der Waals surface area contributed by atoms with Crippen LogP contribution in [0, 0.1) is 0 Å². The maximum absolute atomic E-state index is 6.55. The molecule has 0 N–H and O–H groups in total. The zero-order valence-electron chi connectivity index (χ0n) is 26.3. The van der Waals surface area contributed by atoms with Gasteiger partial charge in [-0.05, 0) is 29.8 Å². The predicted molar refractivity (Wildman–Crippen MR) is 201 cm³/mol. The van der Waals surface area contributed by atoms with Crippen molar-refractivity contribution in [2.45, 2.75) is 0 Å². The number of aromatic nitrogens is 3. The highest BCUT2D eigenvalue weighted by molar-refractivity contribution is 6.27. The van der Waals surface area contributed by atoms with Crippen LogP contribution in [0.4, 0.5) is 0 Å². The molecule has 3 heterocycles. The van der Waals surface area contributed by atoms with E-state index in [-0.39, 0.29) is 0 Å². The monoisotopic (exact) mass is 625 g/mol. The van der Waals surface area contributed by atoms with Crippen molar-refractivity contribution in [2.24, 2.45) is 0 Å². The van der Waals surface area contributed by atoms with Gasteiger partial charge in [-0.1, -0.05) is 140 Å². The summed E-state index contributed by atoms with van der Waals surface area (Å²) in [4.78, 5) is 15.3. The second-order valence-electron chi connectivity index (χ2n) is 12.3. The topological polar surface area (TPSA) is 51.8 Å². The van der Waals surface area contributed by atoms with E-state index in [4.69, 9.17) is 19.4 Å². The number of nitrogens with zero attached hydrogens (tertiary/aromatic N) is 3. The molecule has 0 saturated heterocycles. The van der Waals surface area contributed by atoms with Crippen molar-refractivity contribution in [1.29, 1.82) is 0 Å². The third kappa shape index (κ3) is 4.42. The number of fused-ring (bicyclic) bond motifs is 7. The summed E-state index contributed by atoms with van der Waals surface area (Å²) in [6.07, 6.45) is 0. The first kappa shape index (κ1) is 27.5. The third-order valence-corrected chi connectivity index (χ3v) is 9.46. The molecule has 4 nitrogen and oxygen atoms in total. The molecule has 0 bridgehead atoms. The molecule has 7 aromatic carbocycles. The van der Waals surface area contributed by atoms with Crippen LogP contribution in [0.25, 0.3) is 99.5 Å². The van der Waals surface area contributed by atoms with Gasteiger partial charge in [0.2, 0.25) is 0 Å². The Balaban J connectivity index is 1.23. The normalized spacial score (nSPS) is 11.7. The highest BCUT2D eigenvalue weighted by Crippen LogP contribution is 2.46. The fourth-order valence-electron chi connectivity index (χ4n) is 7.23. The largest absolute Gasteiger partial charge is 0.456 e. The molecule has 10 aromatic rings. The van der Waals surface area contributed by atoms with Gasteiger partial charge in [-0.2, -0.15) is 0 Å². The lowest BCUT2D eigenvalue weighted by Crippen LogP contribution is -1.95. The summed E-state index contributed by atoms with van der Waals surface area (Å²) in [6, 6.07) is 56.6. The second-order valence-corrected chi connectivity index (χ2v) is 12.3. The average Bonchev–Trinajstić information content (AvgIpc) is 3.55. The van der Waals surface area contributed by atoms with Gasteiger partial charge in [-0.25, -0.2) is 15.0 Å². The minimum atomic E-state index is 0.712. The summed E-state index contributed by atoms with van der Waals surface area (Å²) in [6.45, 7) is 0. The summed E-state index contributed by atoms with van der Waals surface area (Å²) < 4.78 is 6.55. The van der Waals surface area contributed by atoms with E-state index < -0.39 is 0 Å². The van der Waals surface area contributed by atoms with Crippen LogP contribution in [0.15, 0.2) is 168 Å². The van der Waals surface area contributed by atoms with Gasteiger partial charge in [0.25, 0.3) is 0 Å². The van der Waals surface area contributed by atoms with Gasteiger partial charge in [-0.15, -0.1) is 0 Å². The van der Waals surface area contributed by atoms with Gasteiger partial charge >= 0.3 is 0 Å². The Morgan fingerprint density at radius 3 is 1.61 bits per heavy atom. The van der Waals surface area contributed by atoms with Crippen molar-refractivity contribution in [3.63, 3.8) is 0 Å². The second kappa shape index (κ2) is 11.0. The van der Waals surface area contributed by atoms with Crippen molar-refractivity contribution < 1.29 is 4.42 Å². The number of pyridine rings is 1. The van der Waals surface area contributed by atoms with E-state index in [9.17, 15) is 0 Å². The van der Waals surface area contributed by atoms with Gasteiger partial charge in [-0.3, -0.25) is 0 Å². The zero-order chi connectivity index (χ0) is 32.3. The van der Waals surface area contributed by atoms with Gasteiger partial charge in [0.1, 0.15) is 11.2 Å². The Morgan fingerprint density at radius 2 is 0.898 bits per heavy atom. The summed E-state index contributed by atoms with van der Waals surface area (Å²) in [7, 11) is 0. The van der Waals surface area contributed by atoms with E-state index >= 15 is 0 Å². The first-order valence-corrected chi connectivity index (χ1v) is 16.5. The first-order chi connectivity index (χ1) is 24.3. The lowest BCUT2D eigenvalue weighted by atomic mass is 9.89. The molecule has 0 aliphatic heterocycles. The molecule has 0 atom stereocenters. The Hall–Kier alpha value is -6.65. The van der Waals surface area contributed by atoms with E-state index in [0.717, 1.165) is 88.3 Å².